The van der Waals surface area contributed by atoms with Crippen LogP contribution in [0.2, 0.25) is 0 Å². The van der Waals surface area contributed by atoms with Gasteiger partial charge in [-0.2, -0.15) is 13.2 Å². The van der Waals surface area contributed by atoms with Crippen molar-refractivity contribution in [3.63, 3.8) is 0 Å². The van der Waals surface area contributed by atoms with Gasteiger partial charge < -0.3 is 5.73 Å². The fourth-order valence-corrected chi connectivity index (χ4v) is 0.838. The van der Waals surface area contributed by atoms with Gasteiger partial charge in [0.2, 0.25) is 0 Å². The van der Waals surface area contributed by atoms with E-state index in [2.05, 4.69) is 12.5 Å². The lowest BCUT2D eigenvalue weighted by Crippen LogP contribution is -2.36. The Kier molecular flexibility index (Phi) is 4.35. The van der Waals surface area contributed by atoms with Crippen molar-refractivity contribution >= 4 is 0 Å². The zero-order valence-corrected chi connectivity index (χ0v) is 7.06. The molecule has 0 heterocycles. The highest BCUT2D eigenvalue weighted by Gasteiger charge is 2.30. The molecule has 0 rings (SSSR count). The second kappa shape index (κ2) is 4.77. The number of hydrogen-bond donors (Lipinski definition) is 1. The van der Waals surface area contributed by atoms with Crippen LogP contribution in [0.4, 0.5) is 13.2 Å². The molecule has 0 bridgehead atoms. The quantitative estimate of drug-likeness (QED) is 0.672. The van der Waals surface area contributed by atoms with E-state index in [0.29, 0.717) is 0 Å². The molecule has 0 fully saturated rings. The first-order valence-electron chi connectivity index (χ1n) is 3.51. The summed E-state index contributed by atoms with van der Waals surface area (Å²) in [5.74, 6) is 2.12. The summed E-state index contributed by atoms with van der Waals surface area (Å²) in [6.07, 6.45) is 0.637. The van der Waals surface area contributed by atoms with Crippen LogP contribution in [0.1, 0.15) is 0 Å². The molecule has 2 N–H and O–H groups in total. The molecule has 0 aromatic rings. The van der Waals surface area contributed by atoms with Gasteiger partial charge in [0.05, 0.1) is 13.1 Å². The van der Waals surface area contributed by atoms with E-state index in [4.69, 9.17) is 12.2 Å². The van der Waals surface area contributed by atoms with Gasteiger partial charge in [0.1, 0.15) is 0 Å². The SMILES string of the molecule is C#CCN(CC(=C)N)CC(F)(F)F. The zero-order chi connectivity index (χ0) is 10.5. The van der Waals surface area contributed by atoms with Crippen LogP contribution in [-0.4, -0.2) is 30.7 Å². The van der Waals surface area contributed by atoms with Crippen molar-refractivity contribution in [3.05, 3.63) is 12.3 Å². The van der Waals surface area contributed by atoms with E-state index >= 15 is 0 Å². The predicted octanol–water partition coefficient (Wildman–Crippen LogP) is 0.956. The fourth-order valence-electron chi connectivity index (χ4n) is 0.838. The van der Waals surface area contributed by atoms with Gasteiger partial charge in [0.15, 0.2) is 0 Å². The van der Waals surface area contributed by atoms with Gasteiger partial charge in [-0.05, 0) is 0 Å². The van der Waals surface area contributed by atoms with Gasteiger partial charge in [-0.25, -0.2) is 0 Å². The topological polar surface area (TPSA) is 29.3 Å². The molecule has 0 saturated carbocycles. The first-order chi connectivity index (χ1) is 5.85. The average molecular weight is 192 g/mol. The number of nitrogens with two attached hydrogens (primary N) is 1. The average Bonchev–Trinajstić information content (AvgIpc) is 1.81. The molecular formula is C8H11F3N2. The molecule has 0 aliphatic heterocycles. The number of alkyl halides is 3. The Bertz CT molecular complexity index is 214. The van der Waals surface area contributed by atoms with Crippen molar-refractivity contribution < 1.29 is 13.2 Å². The number of rotatable bonds is 4. The molecule has 0 unspecified atom stereocenters. The second-order valence-electron chi connectivity index (χ2n) is 2.62. The van der Waals surface area contributed by atoms with Gasteiger partial charge in [-0.1, -0.05) is 12.5 Å². The van der Waals surface area contributed by atoms with Crippen molar-refractivity contribution in [3.8, 4) is 12.3 Å². The summed E-state index contributed by atoms with van der Waals surface area (Å²) in [5, 5.41) is 0. The zero-order valence-electron chi connectivity index (χ0n) is 7.06. The van der Waals surface area contributed by atoms with Gasteiger partial charge in [-0.3, -0.25) is 4.90 Å². The molecule has 0 radical (unpaired) electrons. The lowest BCUT2D eigenvalue weighted by Gasteiger charge is -2.20. The maximum Gasteiger partial charge on any atom is 0.401 e. The lowest BCUT2D eigenvalue weighted by atomic mass is 10.4. The molecule has 0 amide bonds. The Labute approximate surface area is 75.2 Å². The summed E-state index contributed by atoms with van der Waals surface area (Å²) < 4.78 is 35.7. The normalized spacial score (nSPS) is 11.3. The molecule has 0 aromatic heterocycles. The highest BCUT2D eigenvalue weighted by Crippen LogP contribution is 2.16. The summed E-state index contributed by atoms with van der Waals surface area (Å²) in [6, 6.07) is 0. The van der Waals surface area contributed by atoms with Crippen LogP contribution in [-0.2, 0) is 0 Å². The number of nitrogens with zero attached hydrogens (tertiary/aromatic N) is 1. The van der Waals surface area contributed by atoms with Crippen LogP contribution >= 0.6 is 0 Å². The maximum absolute atomic E-state index is 11.9. The largest absolute Gasteiger partial charge is 0.401 e. The highest BCUT2D eigenvalue weighted by atomic mass is 19.4. The van der Waals surface area contributed by atoms with E-state index in [1.807, 2.05) is 0 Å². The first-order valence-corrected chi connectivity index (χ1v) is 3.51. The summed E-state index contributed by atoms with van der Waals surface area (Å²) >= 11 is 0. The molecule has 0 aromatic carbocycles. The van der Waals surface area contributed by atoms with Crippen molar-refractivity contribution in [2.24, 2.45) is 5.73 Å². The fraction of sp³-hybridized carbons (Fsp3) is 0.500. The van der Waals surface area contributed by atoms with Gasteiger partial charge in [-0.15, -0.1) is 6.42 Å². The Morgan fingerprint density at radius 3 is 2.38 bits per heavy atom. The Morgan fingerprint density at radius 2 is 2.08 bits per heavy atom. The predicted molar refractivity (Wildman–Crippen MR) is 44.7 cm³/mol. The Hall–Kier alpha value is -1.15. The van der Waals surface area contributed by atoms with E-state index in [1.165, 1.54) is 0 Å². The van der Waals surface area contributed by atoms with Crippen LogP contribution in [0.3, 0.4) is 0 Å². The smallest absolute Gasteiger partial charge is 0.401 e. The molecule has 0 spiro atoms. The van der Waals surface area contributed by atoms with Crippen LogP contribution < -0.4 is 5.73 Å². The van der Waals surface area contributed by atoms with E-state index in [0.717, 1.165) is 4.90 Å². The number of halogens is 3. The molecule has 2 nitrogen and oxygen atoms in total. The molecule has 13 heavy (non-hydrogen) atoms. The van der Waals surface area contributed by atoms with Crippen LogP contribution in [0.15, 0.2) is 12.3 Å². The van der Waals surface area contributed by atoms with Crippen molar-refractivity contribution in [2.75, 3.05) is 19.6 Å². The minimum absolute atomic E-state index is 0.0380. The van der Waals surface area contributed by atoms with E-state index in [1.54, 1.807) is 0 Å². The van der Waals surface area contributed by atoms with Crippen molar-refractivity contribution in [1.29, 1.82) is 0 Å². The number of terminal acetylenes is 1. The van der Waals surface area contributed by atoms with Crippen LogP contribution in [0, 0.1) is 12.3 Å². The van der Waals surface area contributed by atoms with E-state index in [-0.39, 0.29) is 18.8 Å². The lowest BCUT2D eigenvalue weighted by molar-refractivity contribution is -0.143. The summed E-state index contributed by atoms with van der Waals surface area (Å²) in [5.41, 5.74) is 5.34. The summed E-state index contributed by atoms with van der Waals surface area (Å²) in [4.78, 5) is 1.00. The monoisotopic (exact) mass is 192 g/mol. The van der Waals surface area contributed by atoms with Crippen molar-refractivity contribution in [2.45, 2.75) is 6.18 Å². The third-order valence-corrected chi connectivity index (χ3v) is 1.14. The van der Waals surface area contributed by atoms with Crippen molar-refractivity contribution in [1.82, 2.24) is 4.90 Å². The third-order valence-electron chi connectivity index (χ3n) is 1.14. The van der Waals surface area contributed by atoms with Crippen LogP contribution in [0.25, 0.3) is 0 Å². The summed E-state index contributed by atoms with van der Waals surface area (Å²) in [6.45, 7) is 2.12. The van der Waals surface area contributed by atoms with Gasteiger partial charge >= 0.3 is 6.18 Å². The molecule has 74 valence electrons. The molecule has 5 heteroatoms. The maximum atomic E-state index is 11.9. The number of hydrogen-bond acceptors (Lipinski definition) is 2. The standard InChI is InChI=1S/C8H11F3N2/c1-3-4-13(5-7(2)12)6-8(9,10)11/h1H,2,4-6,12H2. The van der Waals surface area contributed by atoms with E-state index in [9.17, 15) is 13.2 Å². The molecule has 0 aliphatic rings. The first kappa shape index (κ1) is 11.8. The minimum atomic E-state index is -4.26. The molecule has 0 atom stereocenters. The highest BCUT2D eigenvalue weighted by molar-refractivity contribution is 4.95. The van der Waals surface area contributed by atoms with Crippen LogP contribution in [0.5, 0.6) is 0 Å². The minimum Gasteiger partial charge on any atom is -0.401 e. The Balaban J connectivity index is 4.11. The Morgan fingerprint density at radius 1 is 1.54 bits per heavy atom. The molecular weight excluding hydrogens is 181 g/mol. The van der Waals surface area contributed by atoms with E-state index < -0.39 is 12.7 Å². The van der Waals surface area contributed by atoms with Gasteiger partial charge in [0.25, 0.3) is 0 Å². The third kappa shape index (κ3) is 7.22. The second-order valence-corrected chi connectivity index (χ2v) is 2.62. The molecule has 0 saturated heterocycles. The van der Waals surface area contributed by atoms with Gasteiger partial charge in [0, 0.05) is 12.2 Å². The molecule has 0 aliphatic carbocycles. The summed E-state index contributed by atoms with van der Waals surface area (Å²) in [7, 11) is 0.